The van der Waals surface area contributed by atoms with Crippen LogP contribution in [0.4, 0.5) is 9.59 Å². The molecule has 42 heavy (non-hydrogen) atoms. The van der Waals surface area contributed by atoms with E-state index in [0.717, 1.165) is 22.3 Å². The number of likely N-dealkylation sites (tertiary alicyclic amines) is 1. The third-order valence-electron chi connectivity index (χ3n) is 7.64. The minimum absolute atomic E-state index is 0.0403. The fourth-order valence-corrected chi connectivity index (χ4v) is 5.62. The average molecular weight is 573 g/mol. The molecule has 1 heterocycles. The van der Waals surface area contributed by atoms with Crippen LogP contribution in [-0.2, 0) is 9.47 Å². The molecule has 0 spiro atoms. The van der Waals surface area contributed by atoms with Gasteiger partial charge in [0.1, 0.15) is 18.0 Å². The second-order valence-electron chi connectivity index (χ2n) is 11.8. The van der Waals surface area contributed by atoms with E-state index in [-0.39, 0.29) is 36.5 Å². The van der Waals surface area contributed by atoms with Crippen LogP contribution in [0.25, 0.3) is 11.1 Å². The molecular weight excluding hydrogens is 536 g/mol. The molecule has 3 aromatic carbocycles. The molecule has 2 atom stereocenters. The number of rotatable bonds is 8. The Morgan fingerprint density at radius 2 is 1.45 bits per heavy atom. The van der Waals surface area contributed by atoms with Gasteiger partial charge in [0, 0.05) is 37.4 Å². The van der Waals surface area contributed by atoms with Gasteiger partial charge in [-0.15, -0.1) is 0 Å². The number of hydrogen-bond donors (Lipinski definition) is 2. The highest BCUT2D eigenvalue weighted by Gasteiger charge is 2.38. The first kappa shape index (κ1) is 29.0. The van der Waals surface area contributed by atoms with Gasteiger partial charge in [0.2, 0.25) is 0 Å². The van der Waals surface area contributed by atoms with Crippen molar-refractivity contribution in [2.45, 2.75) is 32.3 Å². The largest absolute Gasteiger partial charge is 0.493 e. The van der Waals surface area contributed by atoms with Crippen LogP contribution in [0.5, 0.6) is 5.75 Å². The molecule has 1 fully saturated rings. The van der Waals surface area contributed by atoms with Crippen molar-refractivity contribution in [1.29, 1.82) is 0 Å². The van der Waals surface area contributed by atoms with Crippen LogP contribution in [0.1, 0.15) is 48.2 Å². The first-order valence-electron chi connectivity index (χ1n) is 14.1. The number of ether oxygens (including phenoxy) is 3. The van der Waals surface area contributed by atoms with Gasteiger partial charge in [-0.05, 0) is 67.3 Å². The van der Waals surface area contributed by atoms with E-state index in [1.807, 2.05) is 24.3 Å². The van der Waals surface area contributed by atoms with E-state index >= 15 is 0 Å². The van der Waals surface area contributed by atoms with Crippen LogP contribution in [0, 0.1) is 11.8 Å². The van der Waals surface area contributed by atoms with E-state index in [1.54, 1.807) is 37.8 Å². The molecular formula is C33H36N2O7. The normalized spacial score (nSPS) is 17.7. The molecule has 3 aromatic rings. The van der Waals surface area contributed by atoms with Crippen LogP contribution in [0.3, 0.4) is 0 Å². The molecule has 0 aromatic heterocycles. The van der Waals surface area contributed by atoms with E-state index < -0.39 is 23.8 Å². The lowest BCUT2D eigenvalue weighted by molar-refractivity contribution is 0.0513. The molecule has 2 aliphatic rings. The summed E-state index contributed by atoms with van der Waals surface area (Å²) >= 11 is 0. The summed E-state index contributed by atoms with van der Waals surface area (Å²) < 4.78 is 17.2. The zero-order chi connectivity index (χ0) is 29.9. The number of nitrogens with zero attached hydrogens (tertiary/aromatic N) is 1. The smallest absolute Gasteiger partial charge is 0.409 e. The van der Waals surface area contributed by atoms with Gasteiger partial charge in [-0.3, -0.25) is 0 Å². The number of fused-ring (bicyclic) bond motifs is 3. The number of carbonyl (C=O) groups excluding carboxylic acids is 2. The topological polar surface area (TPSA) is 114 Å². The zero-order valence-corrected chi connectivity index (χ0v) is 24.0. The molecule has 9 nitrogen and oxygen atoms in total. The minimum Gasteiger partial charge on any atom is -0.493 e. The molecule has 5 rings (SSSR count). The molecule has 1 aliphatic carbocycles. The Bertz CT molecular complexity index is 1400. The number of amides is 2. The first-order valence-corrected chi connectivity index (χ1v) is 14.1. The molecule has 1 aliphatic heterocycles. The van der Waals surface area contributed by atoms with E-state index in [1.165, 1.54) is 12.1 Å². The Labute approximate surface area is 245 Å². The van der Waals surface area contributed by atoms with Crippen LogP contribution < -0.4 is 10.1 Å². The number of carboxylic acid groups (broad SMARTS) is 1. The Hall–Kier alpha value is -4.53. The maximum atomic E-state index is 13.3. The van der Waals surface area contributed by atoms with Gasteiger partial charge in [0.15, 0.2) is 0 Å². The number of carboxylic acids is 1. The molecule has 0 bridgehead atoms. The third kappa shape index (κ3) is 6.67. The predicted molar refractivity (Wildman–Crippen MR) is 157 cm³/mol. The monoisotopic (exact) mass is 572 g/mol. The second kappa shape index (κ2) is 12.1. The molecule has 220 valence electrons. The molecule has 9 heteroatoms. The van der Waals surface area contributed by atoms with Gasteiger partial charge < -0.3 is 29.5 Å². The van der Waals surface area contributed by atoms with Crippen molar-refractivity contribution in [2.75, 3.05) is 32.8 Å². The summed E-state index contributed by atoms with van der Waals surface area (Å²) in [5.74, 6) is -0.722. The number of aromatic carboxylic acids is 1. The van der Waals surface area contributed by atoms with Crippen molar-refractivity contribution >= 4 is 18.2 Å². The number of alkyl carbamates (subject to hydrolysis) is 1. The molecule has 0 saturated carbocycles. The van der Waals surface area contributed by atoms with Crippen molar-refractivity contribution in [1.82, 2.24) is 10.2 Å². The molecule has 1 saturated heterocycles. The first-order chi connectivity index (χ1) is 20.1. The van der Waals surface area contributed by atoms with Crippen LogP contribution in [-0.4, -0.2) is 66.6 Å². The van der Waals surface area contributed by atoms with Gasteiger partial charge in [-0.25, -0.2) is 14.4 Å². The van der Waals surface area contributed by atoms with Crippen molar-refractivity contribution in [2.24, 2.45) is 11.8 Å². The zero-order valence-electron chi connectivity index (χ0n) is 24.0. The van der Waals surface area contributed by atoms with Gasteiger partial charge >= 0.3 is 18.2 Å². The number of carbonyl (C=O) groups is 3. The maximum Gasteiger partial charge on any atom is 0.409 e. The highest BCUT2D eigenvalue weighted by Crippen LogP contribution is 2.44. The molecule has 2 N–H and O–H groups in total. The Morgan fingerprint density at radius 3 is 2.05 bits per heavy atom. The van der Waals surface area contributed by atoms with Gasteiger partial charge in [-0.1, -0.05) is 48.5 Å². The number of hydrogen-bond acceptors (Lipinski definition) is 6. The van der Waals surface area contributed by atoms with E-state index in [9.17, 15) is 14.4 Å². The number of benzene rings is 3. The fourth-order valence-electron chi connectivity index (χ4n) is 5.62. The fraction of sp³-hybridized carbons (Fsp3) is 0.364. The SMILES string of the molecule is CC(C)(C)OC(=O)NC[C@H]1CN(C(=O)OCC2c3ccccc3-c3ccccc32)C[C@@H]1COc1ccc(C(=O)O)cc1. The third-order valence-corrected chi connectivity index (χ3v) is 7.64. The molecule has 0 unspecified atom stereocenters. The summed E-state index contributed by atoms with van der Waals surface area (Å²) in [4.78, 5) is 38.5. The summed E-state index contributed by atoms with van der Waals surface area (Å²) in [7, 11) is 0. The summed E-state index contributed by atoms with van der Waals surface area (Å²) in [6, 6.07) is 22.6. The Kier molecular flexibility index (Phi) is 8.38. The Balaban J connectivity index is 1.23. The van der Waals surface area contributed by atoms with Crippen molar-refractivity contribution in [3.8, 4) is 16.9 Å². The predicted octanol–water partition coefficient (Wildman–Crippen LogP) is 5.79. The number of nitrogens with one attached hydrogen (secondary N) is 1. The standard InChI is InChI=1S/C33H36N2O7/c1-33(2,3)42-31(38)34-16-22-17-35(18-23(22)19-40-24-14-12-21(13-15-24)30(36)37)32(39)41-20-29-27-10-6-4-8-25(27)26-9-5-7-11-28(26)29/h4-15,22-23,29H,16-20H2,1-3H3,(H,34,38)(H,36,37)/t22-,23+/m0/s1. The van der Waals surface area contributed by atoms with Gasteiger partial charge in [0.25, 0.3) is 0 Å². The minimum atomic E-state index is -1.01. The van der Waals surface area contributed by atoms with E-state index in [2.05, 4.69) is 29.6 Å². The molecule has 2 amide bonds. The lowest BCUT2D eigenvalue weighted by atomic mass is 9.97. The van der Waals surface area contributed by atoms with Crippen molar-refractivity contribution in [3.05, 3.63) is 89.5 Å². The van der Waals surface area contributed by atoms with E-state index in [0.29, 0.717) is 25.4 Å². The Morgan fingerprint density at radius 1 is 0.857 bits per heavy atom. The summed E-state index contributed by atoms with van der Waals surface area (Å²) in [5, 5.41) is 12.0. The molecule has 0 radical (unpaired) electrons. The van der Waals surface area contributed by atoms with Crippen molar-refractivity contribution in [3.63, 3.8) is 0 Å². The van der Waals surface area contributed by atoms with Crippen molar-refractivity contribution < 1.29 is 33.7 Å². The van der Waals surface area contributed by atoms with Crippen LogP contribution >= 0.6 is 0 Å². The van der Waals surface area contributed by atoms with Crippen LogP contribution in [0.2, 0.25) is 0 Å². The van der Waals surface area contributed by atoms with Gasteiger partial charge in [0.05, 0.1) is 12.2 Å². The highest BCUT2D eigenvalue weighted by atomic mass is 16.6. The summed E-state index contributed by atoms with van der Waals surface area (Å²) in [5.41, 5.74) is 4.16. The van der Waals surface area contributed by atoms with Gasteiger partial charge in [-0.2, -0.15) is 0 Å². The van der Waals surface area contributed by atoms with Crippen LogP contribution in [0.15, 0.2) is 72.8 Å². The quantitative estimate of drug-likeness (QED) is 0.351. The lowest BCUT2D eigenvalue weighted by Gasteiger charge is -2.22. The second-order valence-corrected chi connectivity index (χ2v) is 11.8. The highest BCUT2D eigenvalue weighted by molar-refractivity contribution is 5.87. The lowest BCUT2D eigenvalue weighted by Crippen LogP contribution is -2.38. The maximum absolute atomic E-state index is 13.3. The van der Waals surface area contributed by atoms with E-state index in [4.69, 9.17) is 19.3 Å². The average Bonchev–Trinajstić information content (AvgIpc) is 3.52. The summed E-state index contributed by atoms with van der Waals surface area (Å²) in [6.45, 7) is 6.98. The summed E-state index contributed by atoms with van der Waals surface area (Å²) in [6.07, 6.45) is -0.932.